The van der Waals surface area contributed by atoms with Crippen molar-refractivity contribution in [1.82, 2.24) is 20.0 Å². The SMILES string of the molecule is C=C/C=C\c1cccc(S(=O)(=O)Nc2ccc(C(=O)N3CCN(C(=O)c4cc[nH]n4)CC3)cc2)c1N. The van der Waals surface area contributed by atoms with Crippen molar-refractivity contribution in [3.05, 3.63) is 90.3 Å². The first-order valence-corrected chi connectivity index (χ1v) is 12.7. The number of hydrogen-bond donors (Lipinski definition) is 3. The summed E-state index contributed by atoms with van der Waals surface area (Å²) in [5.74, 6) is -0.370. The molecule has 2 aromatic carbocycles. The van der Waals surface area contributed by atoms with Gasteiger partial charge in [-0.15, -0.1) is 0 Å². The van der Waals surface area contributed by atoms with Crippen LogP contribution >= 0.6 is 0 Å². The molecule has 0 spiro atoms. The topological polar surface area (TPSA) is 141 Å². The van der Waals surface area contributed by atoms with Crippen LogP contribution in [0.3, 0.4) is 0 Å². The molecule has 10 nitrogen and oxygen atoms in total. The summed E-state index contributed by atoms with van der Waals surface area (Å²) < 4.78 is 28.4. The standard InChI is InChI=1S/C25H26N6O4S/c1-2-3-5-18-6-4-7-22(23(18)26)36(34,35)29-20-10-8-19(9-11-20)24(32)30-14-16-31(17-15-30)25(33)21-12-13-27-28-21/h2-13,29H,1,14-17,26H2,(H,27,28)/b5-3-. The lowest BCUT2D eigenvalue weighted by Gasteiger charge is -2.34. The fraction of sp³-hybridized carbons (Fsp3) is 0.160. The molecule has 3 aromatic rings. The Labute approximate surface area is 209 Å². The zero-order chi connectivity index (χ0) is 25.7. The molecule has 11 heteroatoms. The van der Waals surface area contributed by atoms with Crippen molar-refractivity contribution in [2.24, 2.45) is 0 Å². The lowest BCUT2D eigenvalue weighted by Crippen LogP contribution is -2.50. The molecule has 2 heterocycles. The summed E-state index contributed by atoms with van der Waals surface area (Å²) >= 11 is 0. The first-order chi connectivity index (χ1) is 17.3. The number of H-pyrrole nitrogens is 1. The van der Waals surface area contributed by atoms with Crippen LogP contribution < -0.4 is 10.5 Å². The predicted molar refractivity (Wildman–Crippen MR) is 138 cm³/mol. The molecule has 1 fully saturated rings. The van der Waals surface area contributed by atoms with Gasteiger partial charge in [-0.25, -0.2) is 8.42 Å². The summed E-state index contributed by atoms with van der Waals surface area (Å²) in [5, 5.41) is 6.53. The lowest BCUT2D eigenvalue weighted by molar-refractivity contribution is 0.0532. The summed E-state index contributed by atoms with van der Waals surface area (Å²) in [6.07, 6.45) is 6.50. The molecule has 0 atom stereocenters. The average Bonchev–Trinajstić information content (AvgIpc) is 3.43. The van der Waals surface area contributed by atoms with Gasteiger partial charge in [-0.2, -0.15) is 5.10 Å². The molecule has 1 aliphatic heterocycles. The highest BCUT2D eigenvalue weighted by atomic mass is 32.2. The fourth-order valence-electron chi connectivity index (χ4n) is 3.84. The van der Waals surface area contributed by atoms with E-state index in [1.54, 1.807) is 64.6 Å². The molecular weight excluding hydrogens is 480 g/mol. The highest BCUT2D eigenvalue weighted by molar-refractivity contribution is 7.92. The summed E-state index contributed by atoms with van der Waals surface area (Å²) in [4.78, 5) is 28.6. The van der Waals surface area contributed by atoms with Crippen molar-refractivity contribution in [3.63, 3.8) is 0 Å². The third-order valence-corrected chi connectivity index (χ3v) is 7.20. The van der Waals surface area contributed by atoms with Gasteiger partial charge in [0.2, 0.25) is 0 Å². The lowest BCUT2D eigenvalue weighted by atomic mass is 10.1. The van der Waals surface area contributed by atoms with Crippen LogP contribution in [-0.4, -0.2) is 66.4 Å². The van der Waals surface area contributed by atoms with Gasteiger partial charge in [0.25, 0.3) is 21.8 Å². The zero-order valence-electron chi connectivity index (χ0n) is 19.4. The number of rotatable bonds is 7. The van der Waals surface area contributed by atoms with Crippen LogP contribution in [0.5, 0.6) is 0 Å². The van der Waals surface area contributed by atoms with Crippen LogP contribution in [0.1, 0.15) is 26.4 Å². The van der Waals surface area contributed by atoms with E-state index >= 15 is 0 Å². The van der Waals surface area contributed by atoms with Gasteiger partial charge in [0, 0.05) is 43.6 Å². The first kappa shape index (κ1) is 24.7. The number of nitrogens with two attached hydrogens (primary N) is 1. The number of nitrogen functional groups attached to an aromatic ring is 1. The Hall–Kier alpha value is -4.38. The van der Waals surface area contributed by atoms with E-state index in [2.05, 4.69) is 21.5 Å². The summed E-state index contributed by atoms with van der Waals surface area (Å²) in [7, 11) is -3.95. The van der Waals surface area contributed by atoms with Gasteiger partial charge < -0.3 is 15.5 Å². The third-order valence-electron chi connectivity index (χ3n) is 5.76. The van der Waals surface area contributed by atoms with Crippen molar-refractivity contribution in [3.8, 4) is 0 Å². The molecule has 0 saturated carbocycles. The van der Waals surface area contributed by atoms with Crippen molar-refractivity contribution in [2.45, 2.75) is 4.90 Å². The number of aromatic nitrogens is 2. The molecule has 4 rings (SSSR count). The average molecular weight is 507 g/mol. The van der Waals surface area contributed by atoms with E-state index in [0.29, 0.717) is 48.7 Å². The van der Waals surface area contributed by atoms with Gasteiger partial charge in [0.15, 0.2) is 0 Å². The second-order valence-corrected chi connectivity index (χ2v) is 9.73. The predicted octanol–water partition coefficient (Wildman–Crippen LogP) is 2.59. The second-order valence-electron chi connectivity index (χ2n) is 8.08. The van der Waals surface area contributed by atoms with Crippen LogP contribution in [0.2, 0.25) is 0 Å². The number of sulfonamides is 1. The van der Waals surface area contributed by atoms with Gasteiger partial charge in [0.05, 0.1) is 5.69 Å². The minimum Gasteiger partial charge on any atom is -0.397 e. The van der Waals surface area contributed by atoms with E-state index in [9.17, 15) is 18.0 Å². The van der Waals surface area contributed by atoms with Crippen LogP contribution in [-0.2, 0) is 10.0 Å². The van der Waals surface area contributed by atoms with Crippen molar-refractivity contribution >= 4 is 39.3 Å². The number of nitrogens with zero attached hydrogens (tertiary/aromatic N) is 3. The zero-order valence-corrected chi connectivity index (χ0v) is 20.2. The Morgan fingerprint density at radius 3 is 2.28 bits per heavy atom. The fourth-order valence-corrected chi connectivity index (χ4v) is 5.06. The van der Waals surface area contributed by atoms with Gasteiger partial charge in [-0.3, -0.25) is 19.4 Å². The minimum absolute atomic E-state index is 0.0453. The smallest absolute Gasteiger partial charge is 0.274 e. The molecule has 0 aliphatic carbocycles. The van der Waals surface area contributed by atoms with Gasteiger partial charge in [-0.1, -0.05) is 36.9 Å². The van der Waals surface area contributed by atoms with Crippen molar-refractivity contribution in [1.29, 1.82) is 0 Å². The minimum atomic E-state index is -3.95. The maximum Gasteiger partial charge on any atom is 0.274 e. The first-order valence-electron chi connectivity index (χ1n) is 11.2. The summed E-state index contributed by atoms with van der Waals surface area (Å²) in [5.41, 5.74) is 7.83. The van der Waals surface area contributed by atoms with Crippen LogP contribution in [0.4, 0.5) is 11.4 Å². The quantitative estimate of drug-likeness (QED) is 0.332. The molecular formula is C25H26N6O4S. The molecule has 1 aliphatic rings. The molecule has 0 unspecified atom stereocenters. The number of piperazine rings is 1. The Balaban J connectivity index is 1.40. The molecule has 2 amide bonds. The number of para-hydroxylation sites is 1. The number of benzene rings is 2. The third kappa shape index (κ3) is 5.31. The van der Waals surface area contributed by atoms with E-state index in [-0.39, 0.29) is 22.4 Å². The van der Waals surface area contributed by atoms with E-state index in [1.807, 2.05) is 0 Å². The van der Waals surface area contributed by atoms with Crippen molar-refractivity contribution in [2.75, 3.05) is 36.6 Å². The Bertz CT molecular complexity index is 1390. The highest BCUT2D eigenvalue weighted by Crippen LogP contribution is 2.26. The normalized spacial score (nSPS) is 14.1. The molecule has 0 bridgehead atoms. The number of carbonyl (C=O) groups is 2. The maximum absolute atomic E-state index is 12.9. The van der Waals surface area contributed by atoms with Gasteiger partial charge >= 0.3 is 0 Å². The number of anilines is 2. The number of aromatic amines is 1. The number of carbonyl (C=O) groups excluding carboxylic acids is 2. The molecule has 1 saturated heterocycles. The summed E-state index contributed by atoms with van der Waals surface area (Å²) in [6, 6.07) is 12.5. The largest absolute Gasteiger partial charge is 0.397 e. The summed E-state index contributed by atoms with van der Waals surface area (Å²) in [6.45, 7) is 5.17. The number of hydrogen-bond acceptors (Lipinski definition) is 6. The van der Waals surface area contributed by atoms with E-state index < -0.39 is 10.0 Å². The number of amides is 2. The maximum atomic E-state index is 12.9. The number of nitrogens with one attached hydrogen (secondary N) is 2. The number of allylic oxidation sites excluding steroid dienone is 2. The van der Waals surface area contributed by atoms with E-state index in [1.165, 1.54) is 18.2 Å². The monoisotopic (exact) mass is 506 g/mol. The van der Waals surface area contributed by atoms with Crippen molar-refractivity contribution < 1.29 is 18.0 Å². The van der Waals surface area contributed by atoms with E-state index in [0.717, 1.165) is 0 Å². The molecule has 0 radical (unpaired) electrons. The molecule has 36 heavy (non-hydrogen) atoms. The molecule has 4 N–H and O–H groups in total. The van der Waals surface area contributed by atoms with E-state index in [4.69, 9.17) is 5.73 Å². The van der Waals surface area contributed by atoms with Gasteiger partial charge in [0.1, 0.15) is 10.6 Å². The van der Waals surface area contributed by atoms with Crippen LogP contribution in [0.15, 0.2) is 78.4 Å². The van der Waals surface area contributed by atoms with Gasteiger partial charge in [-0.05, 0) is 42.0 Å². The van der Waals surface area contributed by atoms with Crippen LogP contribution in [0.25, 0.3) is 6.08 Å². The Kier molecular flexibility index (Phi) is 7.20. The molecule has 186 valence electrons. The van der Waals surface area contributed by atoms with Crippen LogP contribution in [0, 0.1) is 0 Å². The Morgan fingerprint density at radius 2 is 1.67 bits per heavy atom. The second kappa shape index (κ2) is 10.5. The Morgan fingerprint density at radius 1 is 1.00 bits per heavy atom. The molecule has 1 aromatic heterocycles. The highest BCUT2D eigenvalue weighted by Gasteiger charge is 2.26.